The lowest BCUT2D eigenvalue weighted by Crippen LogP contribution is -2.27. The number of anilines is 1. The highest BCUT2D eigenvalue weighted by atomic mass is 16.4. The molecular weight excluding hydrogens is 346 g/mol. The molecule has 7 nitrogen and oxygen atoms in total. The van der Waals surface area contributed by atoms with Crippen LogP contribution in [0.4, 0.5) is 5.69 Å². The number of hydrogen-bond donors (Lipinski definition) is 2. The fourth-order valence-corrected chi connectivity index (χ4v) is 2.58. The molecule has 1 atom stereocenters. The van der Waals surface area contributed by atoms with Crippen molar-refractivity contribution in [1.82, 2.24) is 9.55 Å². The lowest BCUT2D eigenvalue weighted by Gasteiger charge is -2.13. The van der Waals surface area contributed by atoms with Crippen molar-refractivity contribution < 1.29 is 14.7 Å². The molecule has 0 bridgehead atoms. The molecule has 0 saturated heterocycles. The van der Waals surface area contributed by atoms with Crippen molar-refractivity contribution >= 4 is 17.6 Å². The number of benzene rings is 1. The minimum absolute atomic E-state index is 0.333. The van der Waals surface area contributed by atoms with Crippen molar-refractivity contribution in [2.24, 2.45) is 0 Å². The van der Waals surface area contributed by atoms with Crippen LogP contribution in [-0.2, 0) is 4.79 Å². The van der Waals surface area contributed by atoms with E-state index >= 15 is 0 Å². The maximum absolute atomic E-state index is 12.6. The summed E-state index contributed by atoms with van der Waals surface area (Å²) in [4.78, 5) is 39.6. The highest BCUT2D eigenvalue weighted by Crippen LogP contribution is 2.20. The summed E-state index contributed by atoms with van der Waals surface area (Å²) in [6, 6.07) is 12.4. The number of nitrogens with zero attached hydrogens (tertiary/aromatic N) is 2. The first-order valence-electron chi connectivity index (χ1n) is 8.22. The molecule has 0 spiro atoms. The summed E-state index contributed by atoms with van der Waals surface area (Å²) in [5, 5.41) is 11.8. The number of amides is 1. The molecule has 0 fully saturated rings. The van der Waals surface area contributed by atoms with Gasteiger partial charge in [0.25, 0.3) is 11.5 Å². The van der Waals surface area contributed by atoms with E-state index in [1.807, 2.05) is 18.2 Å². The zero-order chi connectivity index (χ0) is 19.4. The molecule has 3 rings (SSSR count). The molecule has 136 valence electrons. The summed E-state index contributed by atoms with van der Waals surface area (Å²) < 4.78 is 1.06. The van der Waals surface area contributed by atoms with Crippen molar-refractivity contribution in [3.8, 4) is 11.1 Å². The van der Waals surface area contributed by atoms with Crippen LogP contribution in [0.25, 0.3) is 11.1 Å². The lowest BCUT2D eigenvalue weighted by atomic mass is 10.0. The predicted octanol–water partition coefficient (Wildman–Crippen LogP) is 2.81. The molecule has 0 aliphatic heterocycles. The fourth-order valence-electron chi connectivity index (χ4n) is 2.58. The van der Waals surface area contributed by atoms with E-state index in [0.717, 1.165) is 15.7 Å². The molecule has 7 heteroatoms. The first-order chi connectivity index (χ1) is 13.0. The zero-order valence-corrected chi connectivity index (χ0v) is 14.5. The number of carbonyl (C=O) groups excluding carboxylic acids is 1. The number of rotatable bonds is 5. The Morgan fingerprint density at radius 3 is 2.59 bits per heavy atom. The Labute approximate surface area is 154 Å². The third kappa shape index (κ3) is 4.09. The fraction of sp³-hybridized carbons (Fsp3) is 0.100. The van der Waals surface area contributed by atoms with Crippen molar-refractivity contribution in [1.29, 1.82) is 0 Å². The molecule has 27 heavy (non-hydrogen) atoms. The van der Waals surface area contributed by atoms with Crippen LogP contribution in [0.15, 0.2) is 71.9 Å². The normalized spacial score (nSPS) is 11.6. The lowest BCUT2D eigenvalue weighted by molar-refractivity contribution is -0.140. The van der Waals surface area contributed by atoms with E-state index in [1.54, 1.807) is 30.6 Å². The summed E-state index contributed by atoms with van der Waals surface area (Å²) in [7, 11) is 0. The third-order valence-corrected chi connectivity index (χ3v) is 4.09. The molecular formula is C20H17N3O4. The van der Waals surface area contributed by atoms with Crippen molar-refractivity contribution in [2.75, 3.05) is 5.32 Å². The van der Waals surface area contributed by atoms with Crippen molar-refractivity contribution in [3.05, 3.63) is 83.0 Å². The van der Waals surface area contributed by atoms with E-state index in [9.17, 15) is 14.4 Å². The molecule has 2 heterocycles. The molecule has 2 aromatic heterocycles. The number of nitrogens with one attached hydrogen (secondary N) is 1. The Morgan fingerprint density at radius 1 is 1.11 bits per heavy atom. The Hall–Kier alpha value is -3.74. The van der Waals surface area contributed by atoms with Gasteiger partial charge in [0, 0.05) is 35.8 Å². The number of aromatic nitrogens is 2. The summed E-state index contributed by atoms with van der Waals surface area (Å²) in [5.74, 6) is -1.50. The highest BCUT2D eigenvalue weighted by Gasteiger charge is 2.15. The number of carbonyl (C=O) groups is 2. The third-order valence-electron chi connectivity index (χ3n) is 4.09. The molecule has 1 amide bonds. The smallest absolute Gasteiger partial charge is 0.326 e. The van der Waals surface area contributed by atoms with Crippen LogP contribution in [0.2, 0.25) is 0 Å². The molecule has 2 N–H and O–H groups in total. The topological polar surface area (TPSA) is 101 Å². The molecule has 3 aromatic rings. The number of aliphatic carboxylic acids is 1. The van der Waals surface area contributed by atoms with E-state index in [1.165, 1.54) is 25.3 Å². The minimum Gasteiger partial charge on any atom is -0.480 e. The molecule has 0 aliphatic rings. The summed E-state index contributed by atoms with van der Waals surface area (Å²) >= 11 is 0. The quantitative estimate of drug-likeness (QED) is 0.726. The summed E-state index contributed by atoms with van der Waals surface area (Å²) in [5.41, 5.74) is 2.04. The van der Waals surface area contributed by atoms with Gasteiger partial charge in [-0.3, -0.25) is 19.1 Å². The van der Waals surface area contributed by atoms with Gasteiger partial charge in [0.2, 0.25) is 0 Å². The van der Waals surface area contributed by atoms with Crippen LogP contribution in [0.3, 0.4) is 0 Å². The molecule has 1 aromatic carbocycles. The second-order valence-corrected chi connectivity index (χ2v) is 5.95. The largest absolute Gasteiger partial charge is 0.480 e. The number of carboxylic acid groups (broad SMARTS) is 1. The van der Waals surface area contributed by atoms with Gasteiger partial charge in [0.1, 0.15) is 6.04 Å². The van der Waals surface area contributed by atoms with E-state index in [-0.39, 0.29) is 5.91 Å². The van der Waals surface area contributed by atoms with Crippen LogP contribution in [0.1, 0.15) is 23.3 Å². The summed E-state index contributed by atoms with van der Waals surface area (Å²) in [6.45, 7) is 1.40. The molecule has 0 saturated carbocycles. The maximum Gasteiger partial charge on any atom is 0.326 e. The van der Waals surface area contributed by atoms with Gasteiger partial charge >= 0.3 is 5.97 Å². The van der Waals surface area contributed by atoms with Gasteiger partial charge in [-0.15, -0.1) is 0 Å². The van der Waals surface area contributed by atoms with Crippen LogP contribution in [-0.4, -0.2) is 26.5 Å². The Kier molecular flexibility index (Phi) is 5.12. The van der Waals surface area contributed by atoms with E-state index in [4.69, 9.17) is 5.11 Å². The highest BCUT2D eigenvalue weighted by molar-refractivity contribution is 6.04. The van der Waals surface area contributed by atoms with E-state index < -0.39 is 17.6 Å². The van der Waals surface area contributed by atoms with Gasteiger partial charge in [0.15, 0.2) is 0 Å². The van der Waals surface area contributed by atoms with Gasteiger partial charge in [-0.25, -0.2) is 4.79 Å². The van der Waals surface area contributed by atoms with Crippen LogP contribution in [0, 0.1) is 0 Å². The second-order valence-electron chi connectivity index (χ2n) is 5.95. The standard InChI is InChI=1S/C20H17N3O4/c1-13(20(26)27)23-12-17(7-8-18(23)24)22-19(25)15-5-2-4-14(10-15)16-6-3-9-21-11-16/h2-13H,1H3,(H,22,25)(H,26,27). The van der Waals surface area contributed by atoms with Gasteiger partial charge in [0.05, 0.1) is 5.69 Å². The SMILES string of the molecule is CC(C(=O)O)n1cc(NC(=O)c2cccc(-c3cccnc3)c2)ccc1=O. The van der Waals surface area contributed by atoms with Crippen LogP contribution >= 0.6 is 0 Å². The van der Waals surface area contributed by atoms with Crippen molar-refractivity contribution in [2.45, 2.75) is 13.0 Å². The summed E-state index contributed by atoms with van der Waals surface area (Å²) in [6.07, 6.45) is 4.71. The van der Waals surface area contributed by atoms with Gasteiger partial charge in [-0.2, -0.15) is 0 Å². The molecule has 1 unspecified atom stereocenters. The Morgan fingerprint density at radius 2 is 1.89 bits per heavy atom. The average Bonchev–Trinajstić information content (AvgIpc) is 2.69. The van der Waals surface area contributed by atoms with E-state index in [2.05, 4.69) is 10.3 Å². The van der Waals surface area contributed by atoms with Gasteiger partial charge in [-0.1, -0.05) is 18.2 Å². The minimum atomic E-state index is -1.13. The Balaban J connectivity index is 1.85. The molecule has 0 radical (unpaired) electrons. The second kappa shape index (κ2) is 7.65. The van der Waals surface area contributed by atoms with Gasteiger partial charge < -0.3 is 10.4 Å². The average molecular weight is 363 g/mol. The van der Waals surface area contributed by atoms with Crippen LogP contribution < -0.4 is 10.9 Å². The monoisotopic (exact) mass is 363 g/mol. The zero-order valence-electron chi connectivity index (χ0n) is 14.5. The van der Waals surface area contributed by atoms with Crippen LogP contribution in [0.5, 0.6) is 0 Å². The Bertz CT molecular complexity index is 1040. The maximum atomic E-state index is 12.6. The first-order valence-corrected chi connectivity index (χ1v) is 8.22. The molecule has 0 aliphatic carbocycles. The first kappa shape index (κ1) is 18.1. The number of pyridine rings is 2. The van der Waals surface area contributed by atoms with Gasteiger partial charge in [-0.05, 0) is 36.8 Å². The van der Waals surface area contributed by atoms with E-state index in [0.29, 0.717) is 11.3 Å². The number of hydrogen-bond acceptors (Lipinski definition) is 4. The predicted molar refractivity (Wildman–Crippen MR) is 101 cm³/mol. The number of carboxylic acids is 1. The van der Waals surface area contributed by atoms with Crippen molar-refractivity contribution in [3.63, 3.8) is 0 Å².